The van der Waals surface area contributed by atoms with Gasteiger partial charge in [0, 0.05) is 12.1 Å². The van der Waals surface area contributed by atoms with Gasteiger partial charge in [0.25, 0.3) is 0 Å². The third-order valence-corrected chi connectivity index (χ3v) is 1.72. The van der Waals surface area contributed by atoms with E-state index >= 15 is 0 Å². The molecule has 0 aliphatic carbocycles. The maximum Gasteiger partial charge on any atom is 0.0669 e. The fourth-order valence-electron chi connectivity index (χ4n) is 1.20. The van der Waals surface area contributed by atoms with Crippen LogP contribution in [0.15, 0.2) is 0 Å². The van der Waals surface area contributed by atoms with Gasteiger partial charge in [0.1, 0.15) is 0 Å². The smallest absolute Gasteiger partial charge is 0.0669 e. The van der Waals surface area contributed by atoms with E-state index in [4.69, 9.17) is 0 Å². The van der Waals surface area contributed by atoms with Gasteiger partial charge in [-0.1, -0.05) is 20.8 Å². The first-order chi connectivity index (χ1) is 5.60. The lowest BCUT2D eigenvalue weighted by atomic mass is 9.89. The molecule has 0 heterocycles. The Hall–Kier alpha value is -0.0800. The first-order valence-corrected chi connectivity index (χ1v) is 5.03. The summed E-state index contributed by atoms with van der Waals surface area (Å²) in [4.78, 5) is 0. The topological polar surface area (TPSA) is 32.3 Å². The molecule has 13 heavy (non-hydrogen) atoms. The number of nitrogens with one attached hydrogen (secondary N) is 1. The van der Waals surface area contributed by atoms with E-state index in [0.717, 1.165) is 6.42 Å². The molecule has 0 aromatic rings. The minimum atomic E-state index is -0.237. The first kappa shape index (κ1) is 12.9. The summed E-state index contributed by atoms with van der Waals surface area (Å²) in [6, 6.07) is 0. The molecule has 1 unspecified atom stereocenters. The van der Waals surface area contributed by atoms with Gasteiger partial charge in [0.05, 0.1) is 6.10 Å². The Kier molecular flexibility index (Phi) is 4.40. The van der Waals surface area contributed by atoms with Crippen molar-refractivity contribution in [2.45, 2.75) is 59.6 Å². The Morgan fingerprint density at radius 2 is 1.54 bits per heavy atom. The summed E-state index contributed by atoms with van der Waals surface area (Å²) < 4.78 is 0. The molecule has 1 atom stereocenters. The molecule has 0 amide bonds. The van der Waals surface area contributed by atoms with Crippen molar-refractivity contribution in [3.05, 3.63) is 0 Å². The summed E-state index contributed by atoms with van der Waals surface area (Å²) >= 11 is 0. The minimum Gasteiger partial charge on any atom is -0.392 e. The van der Waals surface area contributed by atoms with Gasteiger partial charge in [-0.25, -0.2) is 0 Å². The molecule has 0 aliphatic rings. The summed E-state index contributed by atoms with van der Waals surface area (Å²) in [5, 5.41) is 13.0. The highest BCUT2D eigenvalue weighted by molar-refractivity contribution is 4.75. The van der Waals surface area contributed by atoms with E-state index in [1.165, 1.54) is 0 Å². The monoisotopic (exact) mass is 187 g/mol. The van der Waals surface area contributed by atoms with Crippen LogP contribution in [0, 0.1) is 5.41 Å². The fourth-order valence-corrected chi connectivity index (χ4v) is 1.20. The molecule has 0 aliphatic heterocycles. The van der Waals surface area contributed by atoms with Crippen molar-refractivity contribution < 1.29 is 5.11 Å². The highest BCUT2D eigenvalue weighted by Gasteiger charge is 2.18. The molecule has 0 spiro atoms. The van der Waals surface area contributed by atoms with Gasteiger partial charge < -0.3 is 10.4 Å². The predicted molar refractivity (Wildman–Crippen MR) is 57.8 cm³/mol. The molecule has 0 fully saturated rings. The van der Waals surface area contributed by atoms with E-state index in [2.05, 4.69) is 46.9 Å². The van der Waals surface area contributed by atoms with Crippen LogP contribution in [0.2, 0.25) is 0 Å². The van der Waals surface area contributed by atoms with Crippen molar-refractivity contribution >= 4 is 0 Å². The summed E-state index contributed by atoms with van der Waals surface area (Å²) in [5.41, 5.74) is 0.303. The largest absolute Gasteiger partial charge is 0.392 e. The molecule has 2 nitrogen and oxygen atoms in total. The lowest BCUT2D eigenvalue weighted by molar-refractivity contribution is 0.112. The highest BCUT2D eigenvalue weighted by atomic mass is 16.3. The lowest BCUT2D eigenvalue weighted by Crippen LogP contribution is -2.41. The van der Waals surface area contributed by atoms with Crippen molar-refractivity contribution in [3.63, 3.8) is 0 Å². The van der Waals surface area contributed by atoms with E-state index in [0.29, 0.717) is 6.54 Å². The van der Waals surface area contributed by atoms with E-state index < -0.39 is 0 Å². The minimum absolute atomic E-state index is 0.0961. The van der Waals surface area contributed by atoms with Crippen molar-refractivity contribution in [1.29, 1.82) is 0 Å². The van der Waals surface area contributed by atoms with Gasteiger partial charge in [0.2, 0.25) is 0 Å². The second-order valence-corrected chi connectivity index (χ2v) is 6.05. The summed E-state index contributed by atoms with van der Waals surface area (Å²) in [7, 11) is 0. The third kappa shape index (κ3) is 9.84. The van der Waals surface area contributed by atoms with Gasteiger partial charge in [-0.05, 0) is 32.6 Å². The average molecular weight is 187 g/mol. The van der Waals surface area contributed by atoms with E-state index in [9.17, 15) is 5.11 Å². The van der Waals surface area contributed by atoms with Crippen LogP contribution in [0.1, 0.15) is 48.0 Å². The van der Waals surface area contributed by atoms with Gasteiger partial charge in [0.15, 0.2) is 0 Å². The van der Waals surface area contributed by atoms with E-state index in [1.807, 2.05) is 0 Å². The molecule has 0 aromatic heterocycles. The normalized spacial score (nSPS) is 15.9. The molecule has 0 saturated carbocycles. The second kappa shape index (κ2) is 4.43. The average Bonchev–Trinajstić information content (AvgIpc) is 1.78. The third-order valence-electron chi connectivity index (χ3n) is 1.72. The zero-order valence-corrected chi connectivity index (χ0v) is 9.94. The number of rotatable bonds is 3. The van der Waals surface area contributed by atoms with Gasteiger partial charge in [-0.3, -0.25) is 0 Å². The van der Waals surface area contributed by atoms with Gasteiger partial charge >= 0.3 is 0 Å². The molecule has 0 radical (unpaired) electrons. The number of aliphatic hydroxyl groups excluding tert-OH is 1. The summed E-state index contributed by atoms with van der Waals surface area (Å²) in [6.45, 7) is 13.4. The maximum atomic E-state index is 9.69. The number of hydrogen-bond donors (Lipinski definition) is 2. The summed E-state index contributed by atoms with van der Waals surface area (Å²) in [5.74, 6) is 0. The molecule has 0 rings (SSSR count). The van der Waals surface area contributed by atoms with E-state index in [1.54, 1.807) is 0 Å². The lowest BCUT2D eigenvalue weighted by Gasteiger charge is -2.26. The fraction of sp³-hybridized carbons (Fsp3) is 1.00. The molecule has 0 bridgehead atoms. The zero-order chi connectivity index (χ0) is 10.7. The molecule has 2 heteroatoms. The Balaban J connectivity index is 3.70. The van der Waals surface area contributed by atoms with Gasteiger partial charge in [-0.15, -0.1) is 0 Å². The zero-order valence-electron chi connectivity index (χ0n) is 9.94. The number of hydrogen-bond acceptors (Lipinski definition) is 2. The number of aliphatic hydroxyl groups is 1. The van der Waals surface area contributed by atoms with Crippen LogP contribution in [0.5, 0.6) is 0 Å². The second-order valence-electron chi connectivity index (χ2n) is 6.05. The maximum absolute atomic E-state index is 9.69. The van der Waals surface area contributed by atoms with Crippen LogP contribution in [0.25, 0.3) is 0 Å². The van der Waals surface area contributed by atoms with E-state index in [-0.39, 0.29) is 17.1 Å². The molecular formula is C11H25NO. The summed E-state index contributed by atoms with van der Waals surface area (Å²) in [6.07, 6.45) is 0.607. The molecule has 0 saturated heterocycles. The predicted octanol–water partition coefficient (Wildman–Crippen LogP) is 2.17. The molecule has 80 valence electrons. The van der Waals surface area contributed by atoms with Crippen LogP contribution in [0.4, 0.5) is 0 Å². The Morgan fingerprint density at radius 3 is 1.85 bits per heavy atom. The van der Waals surface area contributed by atoms with Crippen LogP contribution >= 0.6 is 0 Å². The van der Waals surface area contributed by atoms with Crippen LogP contribution < -0.4 is 5.32 Å². The molecular weight excluding hydrogens is 162 g/mol. The van der Waals surface area contributed by atoms with Crippen molar-refractivity contribution in [2.75, 3.05) is 6.54 Å². The Morgan fingerprint density at radius 1 is 1.08 bits per heavy atom. The Labute approximate surface area is 82.7 Å². The first-order valence-electron chi connectivity index (χ1n) is 5.03. The SMILES string of the molecule is CC(C)(C)CC(O)CNC(C)(C)C. The van der Waals surface area contributed by atoms with Crippen LogP contribution in [0.3, 0.4) is 0 Å². The molecule has 0 aromatic carbocycles. The highest BCUT2D eigenvalue weighted by Crippen LogP contribution is 2.20. The van der Waals surface area contributed by atoms with Crippen LogP contribution in [-0.4, -0.2) is 23.3 Å². The van der Waals surface area contributed by atoms with Gasteiger partial charge in [-0.2, -0.15) is 0 Å². The van der Waals surface area contributed by atoms with Crippen molar-refractivity contribution in [3.8, 4) is 0 Å². The van der Waals surface area contributed by atoms with Crippen LogP contribution in [-0.2, 0) is 0 Å². The Bertz CT molecular complexity index is 141. The number of β-amino-alcohol motifs (C(OH)–C–C–N with tert-alkyl or cyclic N) is 1. The quantitative estimate of drug-likeness (QED) is 0.709. The van der Waals surface area contributed by atoms with Crippen molar-refractivity contribution in [2.24, 2.45) is 5.41 Å². The van der Waals surface area contributed by atoms with Crippen molar-refractivity contribution in [1.82, 2.24) is 5.32 Å². The standard InChI is InChI=1S/C11H25NO/c1-10(2,3)7-9(13)8-12-11(4,5)6/h9,12-13H,7-8H2,1-6H3. The molecule has 2 N–H and O–H groups in total.